The Morgan fingerprint density at radius 2 is 2.21 bits per heavy atom. The van der Waals surface area contributed by atoms with Gasteiger partial charge in [0, 0.05) is 18.0 Å². The van der Waals surface area contributed by atoms with Crippen molar-refractivity contribution < 1.29 is 13.2 Å². The number of thiazole rings is 1. The minimum absolute atomic E-state index is 0.156. The van der Waals surface area contributed by atoms with Gasteiger partial charge in [-0.2, -0.15) is 4.31 Å². The van der Waals surface area contributed by atoms with Crippen LogP contribution >= 0.6 is 11.3 Å². The van der Waals surface area contributed by atoms with Crippen molar-refractivity contribution in [2.45, 2.75) is 44.0 Å². The van der Waals surface area contributed by atoms with E-state index in [4.69, 9.17) is 4.74 Å². The quantitative estimate of drug-likeness (QED) is 0.812. The van der Waals surface area contributed by atoms with Gasteiger partial charge in [0.25, 0.3) is 0 Å². The molecule has 2 aromatic heterocycles. The number of sulfonamides is 1. The monoisotopic (exact) mass is 367 g/mol. The first-order valence-corrected chi connectivity index (χ1v) is 10.2. The summed E-state index contributed by atoms with van der Waals surface area (Å²) in [4.78, 5) is 9.87. The number of nitrogens with zero attached hydrogens (tertiary/aromatic N) is 3. The first-order chi connectivity index (χ1) is 11.4. The SMILES string of the molecule is CCOc1ccc(S(=O)(=O)N(C)C2CCCc3nc(C)sc32)cn1. The molecule has 0 saturated carbocycles. The molecular formula is C16H21N3O3S2. The molecule has 0 saturated heterocycles. The zero-order valence-corrected chi connectivity index (χ0v) is 15.7. The summed E-state index contributed by atoms with van der Waals surface area (Å²) in [5.74, 6) is 0.428. The van der Waals surface area contributed by atoms with E-state index < -0.39 is 10.0 Å². The van der Waals surface area contributed by atoms with Crippen LogP contribution in [0.15, 0.2) is 23.2 Å². The molecule has 24 heavy (non-hydrogen) atoms. The highest BCUT2D eigenvalue weighted by Gasteiger charge is 2.34. The standard InChI is InChI=1S/C16H21N3O3S2/c1-4-22-15-9-8-12(10-17-15)24(20,21)19(3)14-7-5-6-13-16(14)23-11(2)18-13/h8-10,14H,4-7H2,1-3H3. The lowest BCUT2D eigenvalue weighted by Crippen LogP contribution is -2.33. The van der Waals surface area contributed by atoms with E-state index in [0.717, 1.165) is 34.8 Å². The summed E-state index contributed by atoms with van der Waals surface area (Å²) in [7, 11) is -1.97. The molecule has 0 amide bonds. The summed E-state index contributed by atoms with van der Waals surface area (Å²) >= 11 is 1.59. The van der Waals surface area contributed by atoms with Crippen LogP contribution in [0.5, 0.6) is 5.88 Å². The number of hydrogen-bond donors (Lipinski definition) is 0. The number of pyridine rings is 1. The van der Waals surface area contributed by atoms with E-state index in [1.165, 1.54) is 10.5 Å². The minimum Gasteiger partial charge on any atom is -0.478 e. The first kappa shape index (κ1) is 17.3. The molecule has 130 valence electrons. The van der Waals surface area contributed by atoms with Gasteiger partial charge < -0.3 is 4.74 Å². The van der Waals surface area contributed by atoms with Crippen LogP contribution in [0.4, 0.5) is 0 Å². The van der Waals surface area contributed by atoms with E-state index in [-0.39, 0.29) is 10.9 Å². The lowest BCUT2D eigenvalue weighted by atomic mass is 9.98. The molecular weight excluding hydrogens is 346 g/mol. The molecule has 8 heteroatoms. The van der Waals surface area contributed by atoms with Gasteiger partial charge in [-0.25, -0.2) is 18.4 Å². The summed E-state index contributed by atoms with van der Waals surface area (Å²) in [5.41, 5.74) is 1.04. The summed E-state index contributed by atoms with van der Waals surface area (Å²) in [5, 5.41) is 0.987. The van der Waals surface area contributed by atoms with Crippen molar-refractivity contribution in [1.82, 2.24) is 14.3 Å². The van der Waals surface area contributed by atoms with Crippen molar-refractivity contribution in [2.24, 2.45) is 0 Å². The maximum absolute atomic E-state index is 12.9. The summed E-state index contributed by atoms with van der Waals surface area (Å²) in [6.45, 7) is 4.32. The van der Waals surface area contributed by atoms with Crippen LogP contribution < -0.4 is 4.74 Å². The predicted octanol–water partition coefficient (Wildman–Crippen LogP) is 2.94. The highest BCUT2D eigenvalue weighted by Crippen LogP contribution is 2.39. The Hall–Kier alpha value is -1.51. The van der Waals surface area contributed by atoms with E-state index >= 15 is 0 Å². The normalized spacial score (nSPS) is 17.8. The Morgan fingerprint density at radius 3 is 2.88 bits per heavy atom. The number of aromatic nitrogens is 2. The molecule has 0 aliphatic heterocycles. The Kier molecular flexibility index (Phi) is 4.89. The van der Waals surface area contributed by atoms with Crippen molar-refractivity contribution >= 4 is 21.4 Å². The zero-order chi connectivity index (χ0) is 17.3. The van der Waals surface area contributed by atoms with Gasteiger partial charge in [0.1, 0.15) is 4.90 Å². The highest BCUT2D eigenvalue weighted by atomic mass is 32.2. The van der Waals surface area contributed by atoms with E-state index in [9.17, 15) is 8.42 Å². The second-order valence-electron chi connectivity index (χ2n) is 5.74. The summed E-state index contributed by atoms with van der Waals surface area (Å²) in [6, 6.07) is 2.98. The Bertz CT molecular complexity index is 816. The zero-order valence-electron chi connectivity index (χ0n) is 14.0. The van der Waals surface area contributed by atoms with Crippen LogP contribution in [0.2, 0.25) is 0 Å². The van der Waals surface area contributed by atoms with E-state index in [1.54, 1.807) is 30.5 Å². The molecule has 2 heterocycles. The molecule has 1 unspecified atom stereocenters. The fourth-order valence-electron chi connectivity index (χ4n) is 2.95. The van der Waals surface area contributed by atoms with Gasteiger partial charge in [0.2, 0.25) is 15.9 Å². The summed E-state index contributed by atoms with van der Waals surface area (Å²) < 4.78 is 32.6. The van der Waals surface area contributed by atoms with Crippen molar-refractivity contribution in [1.29, 1.82) is 0 Å². The molecule has 0 N–H and O–H groups in total. The summed E-state index contributed by atoms with van der Waals surface area (Å²) in [6.07, 6.45) is 4.05. The average Bonchev–Trinajstić information content (AvgIpc) is 2.95. The number of hydrogen-bond acceptors (Lipinski definition) is 6. The second-order valence-corrected chi connectivity index (χ2v) is 8.97. The van der Waals surface area contributed by atoms with Gasteiger partial charge in [0.15, 0.2) is 0 Å². The van der Waals surface area contributed by atoms with Gasteiger partial charge in [0.05, 0.1) is 29.5 Å². The van der Waals surface area contributed by atoms with E-state index in [0.29, 0.717) is 12.5 Å². The number of rotatable bonds is 5. The van der Waals surface area contributed by atoms with Gasteiger partial charge in [-0.1, -0.05) is 0 Å². The van der Waals surface area contributed by atoms with Crippen molar-refractivity contribution in [3.8, 4) is 5.88 Å². The van der Waals surface area contributed by atoms with Crippen molar-refractivity contribution in [2.75, 3.05) is 13.7 Å². The molecule has 1 aliphatic carbocycles. The molecule has 0 bridgehead atoms. The van der Waals surface area contributed by atoms with Gasteiger partial charge >= 0.3 is 0 Å². The minimum atomic E-state index is -3.61. The van der Waals surface area contributed by atoms with Crippen LogP contribution in [0.25, 0.3) is 0 Å². The van der Waals surface area contributed by atoms with Crippen LogP contribution in [-0.4, -0.2) is 36.3 Å². The third-order valence-corrected chi connectivity index (χ3v) is 7.11. The largest absolute Gasteiger partial charge is 0.478 e. The Labute approximate surface area is 146 Å². The smallest absolute Gasteiger partial charge is 0.244 e. The van der Waals surface area contributed by atoms with E-state index in [2.05, 4.69) is 9.97 Å². The van der Waals surface area contributed by atoms with E-state index in [1.807, 2.05) is 13.8 Å². The number of ether oxygens (including phenoxy) is 1. The number of aryl methyl sites for hydroxylation is 2. The third-order valence-electron chi connectivity index (χ3n) is 4.15. The molecule has 0 radical (unpaired) electrons. The molecule has 6 nitrogen and oxygen atoms in total. The van der Waals surface area contributed by atoms with Crippen LogP contribution in [0.1, 0.15) is 41.4 Å². The average molecular weight is 367 g/mol. The fraction of sp³-hybridized carbons (Fsp3) is 0.500. The van der Waals surface area contributed by atoms with Gasteiger partial charge in [-0.3, -0.25) is 0 Å². The molecule has 1 aliphatic rings. The highest BCUT2D eigenvalue weighted by molar-refractivity contribution is 7.89. The maximum atomic E-state index is 12.9. The molecule has 0 spiro atoms. The van der Waals surface area contributed by atoms with Gasteiger partial charge in [-0.05, 0) is 39.2 Å². The number of fused-ring (bicyclic) bond motifs is 1. The Morgan fingerprint density at radius 1 is 1.42 bits per heavy atom. The molecule has 0 fully saturated rings. The molecule has 3 rings (SSSR count). The predicted molar refractivity (Wildman–Crippen MR) is 92.9 cm³/mol. The van der Waals surface area contributed by atoms with Crippen molar-refractivity contribution in [3.05, 3.63) is 33.9 Å². The molecule has 1 atom stereocenters. The second kappa shape index (κ2) is 6.78. The molecule has 2 aromatic rings. The maximum Gasteiger partial charge on any atom is 0.244 e. The third kappa shape index (κ3) is 3.18. The topological polar surface area (TPSA) is 72.4 Å². The van der Waals surface area contributed by atoms with Gasteiger partial charge in [-0.15, -0.1) is 11.3 Å². The van der Waals surface area contributed by atoms with Crippen LogP contribution in [0.3, 0.4) is 0 Å². The Balaban J connectivity index is 1.89. The van der Waals surface area contributed by atoms with Crippen molar-refractivity contribution in [3.63, 3.8) is 0 Å². The molecule has 0 aromatic carbocycles. The lowest BCUT2D eigenvalue weighted by molar-refractivity contribution is 0.325. The first-order valence-electron chi connectivity index (χ1n) is 7.96. The van der Waals surface area contributed by atoms with Crippen LogP contribution in [-0.2, 0) is 16.4 Å². The fourth-order valence-corrected chi connectivity index (χ4v) is 5.48. The van der Waals surface area contributed by atoms with Crippen LogP contribution in [0, 0.1) is 6.92 Å². The lowest BCUT2D eigenvalue weighted by Gasteiger charge is -2.29.